The molecule has 0 spiro atoms. The number of aromatic nitrogens is 2. The van der Waals surface area contributed by atoms with E-state index >= 15 is 0 Å². The second-order valence-corrected chi connectivity index (χ2v) is 10.4. The molecule has 0 bridgehead atoms. The van der Waals surface area contributed by atoms with Gasteiger partial charge in [-0.15, -0.1) is 94.7 Å². The third-order valence-corrected chi connectivity index (χ3v) is 7.53. The van der Waals surface area contributed by atoms with Crippen molar-refractivity contribution < 1.29 is 40.2 Å². The van der Waals surface area contributed by atoms with Crippen LogP contribution in [0.1, 0.15) is 0 Å². The van der Waals surface area contributed by atoms with Crippen molar-refractivity contribution >= 4 is 32.9 Å². The Labute approximate surface area is 295 Å². The van der Waals surface area contributed by atoms with Gasteiger partial charge in [-0.25, -0.2) is 17.7 Å². The van der Waals surface area contributed by atoms with Gasteiger partial charge >= 0.3 is 0 Å². The summed E-state index contributed by atoms with van der Waals surface area (Å²) in [6, 6.07) is 59.2. The number of pyridine rings is 2. The van der Waals surface area contributed by atoms with Gasteiger partial charge in [-0.3, -0.25) is 11.3 Å². The van der Waals surface area contributed by atoms with E-state index in [0.29, 0.717) is 0 Å². The Balaban J connectivity index is 0.000000152. The fourth-order valence-electron chi connectivity index (χ4n) is 4.68. The molecule has 45 heavy (non-hydrogen) atoms. The van der Waals surface area contributed by atoms with E-state index in [1.807, 2.05) is 109 Å². The van der Waals surface area contributed by atoms with Crippen molar-refractivity contribution in [2.24, 2.45) is 0 Å². The molecule has 8 aromatic rings. The second kappa shape index (κ2) is 17.4. The molecule has 0 saturated carbocycles. The summed E-state index contributed by atoms with van der Waals surface area (Å²) < 4.78 is 0. The number of thiophene rings is 1. The van der Waals surface area contributed by atoms with Crippen LogP contribution in [-0.2, 0) is 40.2 Å². The second-order valence-electron chi connectivity index (χ2n) is 9.48. The third kappa shape index (κ3) is 8.77. The summed E-state index contributed by atoms with van der Waals surface area (Å²) in [5, 5.41) is 6.94. The Kier molecular flexibility index (Phi) is 13.1. The van der Waals surface area contributed by atoms with Crippen molar-refractivity contribution in [3.8, 4) is 33.0 Å². The van der Waals surface area contributed by atoms with E-state index in [-0.39, 0.29) is 40.2 Å². The van der Waals surface area contributed by atoms with Crippen LogP contribution in [0.15, 0.2) is 157 Å². The van der Waals surface area contributed by atoms with Crippen LogP contribution in [0.2, 0.25) is 0 Å². The summed E-state index contributed by atoms with van der Waals surface area (Å²) in [6.07, 6.45) is 3.63. The molecular formula is C40H26Ir2N2S-4. The fourth-order valence-corrected chi connectivity index (χ4v) is 5.37. The molecule has 0 aliphatic heterocycles. The maximum Gasteiger partial charge on any atom is 0.0167 e. The van der Waals surface area contributed by atoms with E-state index in [4.69, 9.17) is 0 Å². The minimum absolute atomic E-state index is 0. The van der Waals surface area contributed by atoms with Crippen LogP contribution in [0.3, 0.4) is 0 Å². The molecule has 8 rings (SSSR count). The zero-order chi connectivity index (χ0) is 29.1. The van der Waals surface area contributed by atoms with Crippen LogP contribution < -0.4 is 0 Å². The molecule has 0 atom stereocenters. The Morgan fingerprint density at radius 3 is 1.80 bits per heavy atom. The van der Waals surface area contributed by atoms with Gasteiger partial charge in [-0.05, 0) is 34.3 Å². The van der Waals surface area contributed by atoms with Gasteiger partial charge in [-0.1, -0.05) is 54.6 Å². The summed E-state index contributed by atoms with van der Waals surface area (Å²) in [5.41, 5.74) is 5.21. The average Bonchev–Trinajstić information content (AvgIpc) is 3.65. The Morgan fingerprint density at radius 2 is 1.13 bits per heavy atom. The van der Waals surface area contributed by atoms with Crippen LogP contribution in [0, 0.1) is 24.3 Å². The molecule has 3 heterocycles. The van der Waals surface area contributed by atoms with Crippen LogP contribution in [0.5, 0.6) is 0 Å². The van der Waals surface area contributed by atoms with Crippen molar-refractivity contribution in [3.63, 3.8) is 0 Å². The van der Waals surface area contributed by atoms with E-state index in [9.17, 15) is 0 Å². The van der Waals surface area contributed by atoms with Gasteiger partial charge in [0.15, 0.2) is 0 Å². The molecular weight excluding hydrogens is 925 g/mol. The number of hydrogen-bond acceptors (Lipinski definition) is 3. The van der Waals surface area contributed by atoms with E-state index in [2.05, 4.69) is 76.7 Å². The van der Waals surface area contributed by atoms with Gasteiger partial charge in [0.1, 0.15) is 0 Å². The number of hydrogen-bond donors (Lipinski definition) is 0. The standard InChI is InChI=1S/C15H10N.C14H8S.C11H8N.2Ir/c1-2-7-13(8-3-1)15-14-9-5-4-6-12(14)10-11-16-15;1-2-7-12-11(5-1)6-3-8-13(12)14-9-4-10-15-14;1-2-6-10(7-3-1)11-8-4-5-9-12-11;;/h1-7,9-11H;1-7,10H;1-6,8-9H;;/q-1;-2;-1;;. The first-order valence-electron chi connectivity index (χ1n) is 13.9. The number of nitrogens with zero attached hydrogens (tertiary/aromatic N) is 2. The first kappa shape index (κ1) is 33.8. The molecule has 0 amide bonds. The van der Waals surface area contributed by atoms with E-state index in [0.717, 1.165) is 33.0 Å². The fraction of sp³-hybridized carbons (Fsp3) is 0. The van der Waals surface area contributed by atoms with Crippen LogP contribution >= 0.6 is 11.3 Å². The van der Waals surface area contributed by atoms with Crippen LogP contribution in [0.4, 0.5) is 0 Å². The van der Waals surface area contributed by atoms with E-state index in [1.54, 1.807) is 17.5 Å². The van der Waals surface area contributed by atoms with Gasteiger partial charge in [0.25, 0.3) is 0 Å². The largest absolute Gasteiger partial charge is 0.305 e. The summed E-state index contributed by atoms with van der Waals surface area (Å²) in [5.74, 6) is 0. The first-order valence-corrected chi connectivity index (χ1v) is 14.8. The Bertz CT molecular complexity index is 1970. The van der Waals surface area contributed by atoms with Crippen molar-refractivity contribution in [2.45, 2.75) is 0 Å². The number of benzene rings is 5. The number of rotatable bonds is 3. The quantitative estimate of drug-likeness (QED) is 0.165. The smallest absolute Gasteiger partial charge is 0.0167 e. The average molecular weight is 951 g/mol. The zero-order valence-electron chi connectivity index (χ0n) is 24.0. The number of fused-ring (bicyclic) bond motifs is 2. The van der Waals surface area contributed by atoms with Crippen molar-refractivity contribution in [1.29, 1.82) is 0 Å². The molecule has 0 unspecified atom stereocenters. The molecule has 3 aromatic heterocycles. The molecule has 5 heteroatoms. The van der Waals surface area contributed by atoms with E-state index in [1.165, 1.54) is 21.5 Å². The SMILES string of the molecule is [Ir].[Ir].[c-]1ccccc1-c1ccccn1.[c-]1ccccc1-c1nccc2ccccc12.[c-]1ccsc1-c1[c-]ccc2ccccc12. The molecule has 0 N–H and O–H groups in total. The van der Waals surface area contributed by atoms with Gasteiger partial charge in [0.2, 0.25) is 0 Å². The Morgan fingerprint density at radius 1 is 0.467 bits per heavy atom. The topological polar surface area (TPSA) is 25.8 Å². The van der Waals surface area contributed by atoms with Gasteiger partial charge in [-0.2, -0.15) is 22.4 Å². The van der Waals surface area contributed by atoms with Gasteiger partial charge in [0, 0.05) is 52.6 Å². The van der Waals surface area contributed by atoms with E-state index < -0.39 is 0 Å². The molecule has 0 aliphatic carbocycles. The monoisotopic (exact) mass is 952 g/mol. The molecule has 5 aromatic carbocycles. The predicted molar refractivity (Wildman–Crippen MR) is 179 cm³/mol. The normalized spacial score (nSPS) is 9.87. The first-order chi connectivity index (χ1) is 21.4. The molecule has 2 radical (unpaired) electrons. The maximum absolute atomic E-state index is 4.45. The van der Waals surface area contributed by atoms with Crippen LogP contribution in [-0.4, -0.2) is 9.97 Å². The van der Waals surface area contributed by atoms with Crippen LogP contribution in [0.25, 0.3) is 54.5 Å². The summed E-state index contributed by atoms with van der Waals surface area (Å²) >= 11 is 1.70. The summed E-state index contributed by atoms with van der Waals surface area (Å²) in [6.45, 7) is 0. The maximum atomic E-state index is 4.45. The van der Waals surface area contributed by atoms with Crippen molar-refractivity contribution in [1.82, 2.24) is 9.97 Å². The molecule has 0 saturated heterocycles. The Hall–Kier alpha value is -4.08. The van der Waals surface area contributed by atoms with Crippen molar-refractivity contribution in [3.05, 3.63) is 182 Å². The predicted octanol–water partition coefficient (Wildman–Crippen LogP) is 10.4. The molecule has 2 nitrogen and oxygen atoms in total. The summed E-state index contributed by atoms with van der Waals surface area (Å²) in [7, 11) is 0. The van der Waals surface area contributed by atoms with Gasteiger partial charge in [0.05, 0.1) is 0 Å². The molecule has 0 fully saturated rings. The third-order valence-electron chi connectivity index (χ3n) is 6.70. The summed E-state index contributed by atoms with van der Waals surface area (Å²) in [4.78, 5) is 9.82. The van der Waals surface area contributed by atoms with Crippen molar-refractivity contribution in [2.75, 3.05) is 0 Å². The molecule has 0 aliphatic rings. The molecule has 224 valence electrons. The minimum atomic E-state index is 0. The van der Waals surface area contributed by atoms with Gasteiger partial charge < -0.3 is 9.97 Å². The zero-order valence-corrected chi connectivity index (χ0v) is 29.6. The minimum Gasteiger partial charge on any atom is -0.305 e.